The summed E-state index contributed by atoms with van der Waals surface area (Å²) < 4.78 is 0. The summed E-state index contributed by atoms with van der Waals surface area (Å²) in [6, 6.07) is 4.06. The van der Waals surface area contributed by atoms with Crippen LogP contribution < -0.4 is 0 Å². The second-order valence-electron chi connectivity index (χ2n) is 5.07. The Kier molecular flexibility index (Phi) is 3.25. The van der Waals surface area contributed by atoms with Gasteiger partial charge in [0.25, 0.3) is 0 Å². The quantitative estimate of drug-likeness (QED) is 0.894. The molecule has 98 valence electrons. The fraction of sp³-hybridized carbons (Fsp3) is 0.400. The highest BCUT2D eigenvalue weighted by Gasteiger charge is 2.29. The monoisotopic (exact) mass is 255 g/mol. The van der Waals surface area contributed by atoms with Crippen molar-refractivity contribution in [2.75, 3.05) is 0 Å². The van der Waals surface area contributed by atoms with E-state index in [1.807, 2.05) is 13.0 Å². The minimum absolute atomic E-state index is 0.0296. The van der Waals surface area contributed by atoms with E-state index in [4.69, 9.17) is 0 Å². The van der Waals surface area contributed by atoms with Gasteiger partial charge in [0.15, 0.2) is 0 Å². The zero-order chi connectivity index (χ0) is 13.2. The van der Waals surface area contributed by atoms with Crippen LogP contribution in [0.15, 0.2) is 30.7 Å². The summed E-state index contributed by atoms with van der Waals surface area (Å²) in [6.45, 7) is 1.89. The van der Waals surface area contributed by atoms with E-state index in [0.717, 1.165) is 30.7 Å². The minimum Gasteiger partial charge on any atom is -0.386 e. The van der Waals surface area contributed by atoms with Gasteiger partial charge in [0.05, 0.1) is 17.6 Å². The fourth-order valence-electron chi connectivity index (χ4n) is 2.71. The molecule has 1 aliphatic rings. The summed E-state index contributed by atoms with van der Waals surface area (Å²) in [7, 11) is 0. The molecule has 2 unspecified atom stereocenters. The first-order valence-corrected chi connectivity index (χ1v) is 6.66. The number of fused-ring (bicyclic) bond motifs is 1. The molecule has 0 amide bonds. The summed E-state index contributed by atoms with van der Waals surface area (Å²) in [5.41, 5.74) is 3.76. The van der Waals surface area contributed by atoms with Gasteiger partial charge in [0, 0.05) is 24.0 Å². The van der Waals surface area contributed by atoms with Crippen LogP contribution in [0.1, 0.15) is 47.5 Å². The SMILES string of the molecule is Cc1cnc(C(O)C2CCCc3cccnc32)cn1. The molecule has 1 aliphatic carbocycles. The highest BCUT2D eigenvalue weighted by molar-refractivity contribution is 5.28. The molecule has 2 atom stereocenters. The number of nitrogens with zero attached hydrogens (tertiary/aromatic N) is 3. The number of rotatable bonds is 2. The number of hydrogen-bond acceptors (Lipinski definition) is 4. The van der Waals surface area contributed by atoms with Crippen LogP contribution in [0.25, 0.3) is 0 Å². The van der Waals surface area contributed by atoms with Gasteiger partial charge in [-0.2, -0.15) is 0 Å². The molecule has 2 heterocycles. The van der Waals surface area contributed by atoms with Gasteiger partial charge in [0.2, 0.25) is 0 Å². The Bertz CT molecular complexity index is 568. The van der Waals surface area contributed by atoms with Crippen LogP contribution in [0.4, 0.5) is 0 Å². The third-order valence-corrected chi connectivity index (χ3v) is 3.72. The van der Waals surface area contributed by atoms with Gasteiger partial charge in [-0.1, -0.05) is 6.07 Å². The van der Waals surface area contributed by atoms with Crippen LogP contribution in [0.3, 0.4) is 0 Å². The van der Waals surface area contributed by atoms with E-state index in [2.05, 4.69) is 21.0 Å². The number of aliphatic hydroxyl groups is 1. The second-order valence-corrected chi connectivity index (χ2v) is 5.07. The molecule has 3 rings (SSSR count). The summed E-state index contributed by atoms with van der Waals surface area (Å²) in [6.07, 6.45) is 7.61. The molecule has 4 heteroatoms. The lowest BCUT2D eigenvalue weighted by Crippen LogP contribution is -2.19. The Hall–Kier alpha value is -1.81. The van der Waals surface area contributed by atoms with Crippen molar-refractivity contribution in [2.45, 2.75) is 38.2 Å². The first kappa shape index (κ1) is 12.2. The summed E-state index contributed by atoms with van der Waals surface area (Å²) in [5.74, 6) is 0.0296. The van der Waals surface area contributed by atoms with E-state index in [1.54, 1.807) is 18.6 Å². The van der Waals surface area contributed by atoms with Gasteiger partial charge in [0.1, 0.15) is 6.10 Å². The largest absolute Gasteiger partial charge is 0.386 e. The fourth-order valence-corrected chi connectivity index (χ4v) is 2.71. The lowest BCUT2D eigenvalue weighted by Gasteiger charge is -2.27. The molecule has 0 aromatic carbocycles. The number of hydrogen-bond donors (Lipinski definition) is 1. The van der Waals surface area contributed by atoms with Crippen LogP contribution in [-0.2, 0) is 6.42 Å². The zero-order valence-corrected chi connectivity index (χ0v) is 11.0. The third-order valence-electron chi connectivity index (χ3n) is 3.72. The molecule has 1 N–H and O–H groups in total. The van der Waals surface area contributed by atoms with Gasteiger partial charge < -0.3 is 5.11 Å². The summed E-state index contributed by atoms with van der Waals surface area (Å²) in [5, 5.41) is 10.5. The number of pyridine rings is 1. The van der Waals surface area contributed by atoms with E-state index in [0.29, 0.717) is 5.69 Å². The highest BCUT2D eigenvalue weighted by atomic mass is 16.3. The first-order valence-electron chi connectivity index (χ1n) is 6.66. The maximum absolute atomic E-state index is 10.5. The molecule has 2 aromatic heterocycles. The van der Waals surface area contributed by atoms with Gasteiger partial charge in [-0.05, 0) is 37.8 Å². The van der Waals surface area contributed by atoms with E-state index >= 15 is 0 Å². The van der Waals surface area contributed by atoms with E-state index in [1.165, 1.54) is 5.56 Å². The molecule has 0 radical (unpaired) electrons. The van der Waals surface area contributed by atoms with Gasteiger partial charge in [-0.3, -0.25) is 15.0 Å². The summed E-state index contributed by atoms with van der Waals surface area (Å²) >= 11 is 0. The Morgan fingerprint density at radius 3 is 2.95 bits per heavy atom. The Labute approximate surface area is 112 Å². The average molecular weight is 255 g/mol. The maximum Gasteiger partial charge on any atom is 0.106 e. The van der Waals surface area contributed by atoms with Crippen molar-refractivity contribution < 1.29 is 5.11 Å². The Balaban J connectivity index is 1.92. The molecule has 0 aliphatic heterocycles. The molecule has 0 saturated heterocycles. The van der Waals surface area contributed by atoms with Crippen molar-refractivity contribution in [1.29, 1.82) is 0 Å². The molecule has 19 heavy (non-hydrogen) atoms. The molecule has 0 fully saturated rings. The van der Waals surface area contributed by atoms with Crippen molar-refractivity contribution in [3.05, 3.63) is 53.4 Å². The van der Waals surface area contributed by atoms with Crippen molar-refractivity contribution >= 4 is 0 Å². The van der Waals surface area contributed by atoms with Crippen LogP contribution in [-0.4, -0.2) is 20.1 Å². The lowest BCUT2D eigenvalue weighted by molar-refractivity contribution is 0.129. The molecule has 0 spiro atoms. The average Bonchev–Trinajstić information content (AvgIpc) is 2.47. The number of aliphatic hydroxyl groups excluding tert-OH is 1. The number of aromatic nitrogens is 3. The van der Waals surface area contributed by atoms with Crippen LogP contribution in [0.2, 0.25) is 0 Å². The minimum atomic E-state index is -0.623. The van der Waals surface area contributed by atoms with Gasteiger partial charge in [-0.25, -0.2) is 0 Å². The van der Waals surface area contributed by atoms with Gasteiger partial charge in [-0.15, -0.1) is 0 Å². The molecule has 0 saturated carbocycles. The van der Waals surface area contributed by atoms with E-state index in [-0.39, 0.29) is 5.92 Å². The summed E-state index contributed by atoms with van der Waals surface area (Å²) in [4.78, 5) is 13.0. The second kappa shape index (κ2) is 5.05. The highest BCUT2D eigenvalue weighted by Crippen LogP contribution is 2.38. The van der Waals surface area contributed by atoms with Crippen LogP contribution in [0, 0.1) is 6.92 Å². The van der Waals surface area contributed by atoms with Gasteiger partial charge >= 0.3 is 0 Å². The maximum atomic E-state index is 10.5. The normalized spacial score (nSPS) is 19.8. The van der Waals surface area contributed by atoms with Crippen LogP contribution >= 0.6 is 0 Å². The molecule has 2 aromatic rings. The smallest absolute Gasteiger partial charge is 0.106 e. The third kappa shape index (κ3) is 2.36. The van der Waals surface area contributed by atoms with E-state index in [9.17, 15) is 5.11 Å². The Morgan fingerprint density at radius 2 is 2.16 bits per heavy atom. The van der Waals surface area contributed by atoms with E-state index < -0.39 is 6.10 Å². The topological polar surface area (TPSA) is 58.9 Å². The van der Waals surface area contributed by atoms with Crippen LogP contribution in [0.5, 0.6) is 0 Å². The van der Waals surface area contributed by atoms with Crippen molar-refractivity contribution in [3.8, 4) is 0 Å². The van der Waals surface area contributed by atoms with Crippen molar-refractivity contribution in [3.63, 3.8) is 0 Å². The molecule has 4 nitrogen and oxygen atoms in total. The standard InChI is InChI=1S/C15H17N3O/c1-10-8-18-13(9-17-10)15(19)12-6-2-4-11-5-3-7-16-14(11)12/h3,5,7-9,12,15,19H,2,4,6H2,1H3. The first-order chi connectivity index (χ1) is 9.25. The number of aryl methyl sites for hydroxylation is 2. The predicted octanol–water partition coefficient (Wildman–Crippen LogP) is 2.33. The molecule has 0 bridgehead atoms. The Morgan fingerprint density at radius 1 is 1.26 bits per heavy atom. The molecular formula is C15H17N3O. The lowest BCUT2D eigenvalue weighted by atomic mass is 9.82. The molecular weight excluding hydrogens is 238 g/mol. The predicted molar refractivity (Wildman–Crippen MR) is 71.6 cm³/mol. The zero-order valence-electron chi connectivity index (χ0n) is 11.0. The van der Waals surface area contributed by atoms with Crippen molar-refractivity contribution in [1.82, 2.24) is 15.0 Å². The van der Waals surface area contributed by atoms with Crippen molar-refractivity contribution in [2.24, 2.45) is 0 Å².